The number of rotatable bonds is 4. The number of nitrogens with one attached hydrogen (secondary N) is 1. The van der Waals surface area contributed by atoms with Gasteiger partial charge in [-0.2, -0.15) is 0 Å². The van der Waals surface area contributed by atoms with Gasteiger partial charge in [0.1, 0.15) is 5.56 Å². The minimum Gasteiger partial charge on any atom is -0.493 e. The van der Waals surface area contributed by atoms with Gasteiger partial charge in [0.05, 0.1) is 17.4 Å². The van der Waals surface area contributed by atoms with E-state index in [-0.39, 0.29) is 11.6 Å². The van der Waals surface area contributed by atoms with Crippen LogP contribution in [0.25, 0.3) is 5.69 Å². The average molecular weight is 384 g/mol. The molecule has 27 heavy (non-hydrogen) atoms. The molecule has 3 aromatic rings. The molecule has 0 radical (unpaired) electrons. The molecule has 2 aromatic carbocycles. The number of H-pyrrole nitrogens is 1. The van der Waals surface area contributed by atoms with E-state index in [1.165, 1.54) is 0 Å². The Kier molecular flexibility index (Phi) is 5.28. The molecular formula is C20H18ClN3O3. The monoisotopic (exact) mass is 383 g/mol. The van der Waals surface area contributed by atoms with Crippen molar-refractivity contribution in [1.29, 1.82) is 0 Å². The Bertz CT molecular complexity index is 1100. The Morgan fingerprint density at radius 1 is 1.11 bits per heavy atom. The minimum absolute atomic E-state index is 0.0488. The van der Waals surface area contributed by atoms with Crippen LogP contribution in [0.1, 0.15) is 31.0 Å². The summed E-state index contributed by atoms with van der Waals surface area (Å²) in [6, 6.07) is 15.7. The van der Waals surface area contributed by atoms with E-state index in [0.29, 0.717) is 16.4 Å². The molecule has 0 unspecified atom stereocenters. The highest BCUT2D eigenvalue weighted by Gasteiger charge is 2.18. The fraction of sp³-hybridized carbons (Fsp3) is 0.150. The molecule has 0 bridgehead atoms. The number of aromatic nitrogens is 2. The summed E-state index contributed by atoms with van der Waals surface area (Å²) in [5, 5.41) is 11.1. The first kappa shape index (κ1) is 18.7. The molecule has 2 N–H and O–H groups in total. The lowest BCUT2D eigenvalue weighted by Crippen LogP contribution is -2.32. The highest BCUT2D eigenvalue weighted by molar-refractivity contribution is 6.30. The quantitative estimate of drug-likeness (QED) is 0.676. The average Bonchev–Trinajstić information content (AvgIpc) is 2.63. The van der Waals surface area contributed by atoms with Gasteiger partial charge < -0.3 is 5.11 Å². The Labute approximate surface area is 160 Å². The smallest absolute Gasteiger partial charge is 0.335 e. The molecule has 0 saturated carbocycles. The number of benzene rings is 2. The summed E-state index contributed by atoms with van der Waals surface area (Å²) in [7, 11) is 0. The number of aliphatic imine (C=N–C) groups is 1. The lowest BCUT2D eigenvalue weighted by atomic mass is 10.1. The molecule has 0 aliphatic rings. The topological polar surface area (TPSA) is 87.4 Å². The van der Waals surface area contributed by atoms with Crippen molar-refractivity contribution in [1.82, 2.24) is 9.55 Å². The highest BCUT2D eigenvalue weighted by Crippen LogP contribution is 2.21. The van der Waals surface area contributed by atoms with Crippen molar-refractivity contribution in [2.75, 3.05) is 0 Å². The molecule has 1 aromatic heterocycles. The van der Waals surface area contributed by atoms with Gasteiger partial charge in [-0.1, -0.05) is 41.9 Å². The number of aromatic amines is 1. The predicted octanol–water partition coefficient (Wildman–Crippen LogP) is 3.46. The van der Waals surface area contributed by atoms with E-state index in [2.05, 4.69) is 9.98 Å². The Balaban J connectivity index is 2.12. The van der Waals surface area contributed by atoms with E-state index in [0.717, 1.165) is 10.1 Å². The third-order valence-corrected chi connectivity index (χ3v) is 4.45. The molecule has 7 heteroatoms. The van der Waals surface area contributed by atoms with Gasteiger partial charge in [-0.05, 0) is 43.7 Å². The van der Waals surface area contributed by atoms with Crippen molar-refractivity contribution in [2.24, 2.45) is 4.99 Å². The SMILES string of the molecule is CC(=N[C@@H](C)c1ccccc1)c1c(O)n(-c2ccc(Cl)cc2)c(=O)[nH]c1=O. The van der Waals surface area contributed by atoms with Crippen LogP contribution in [0.15, 0.2) is 69.2 Å². The molecule has 0 amide bonds. The van der Waals surface area contributed by atoms with Gasteiger partial charge >= 0.3 is 5.69 Å². The van der Waals surface area contributed by atoms with E-state index in [4.69, 9.17) is 11.6 Å². The van der Waals surface area contributed by atoms with Crippen LogP contribution in [-0.4, -0.2) is 20.4 Å². The first-order valence-corrected chi connectivity index (χ1v) is 8.70. The molecule has 1 heterocycles. The van der Waals surface area contributed by atoms with Crippen LogP contribution >= 0.6 is 11.6 Å². The van der Waals surface area contributed by atoms with Gasteiger partial charge in [0.25, 0.3) is 5.56 Å². The van der Waals surface area contributed by atoms with Crippen LogP contribution in [0.4, 0.5) is 0 Å². The molecule has 0 aliphatic carbocycles. The number of halogens is 1. The third kappa shape index (κ3) is 3.85. The van der Waals surface area contributed by atoms with Crippen LogP contribution in [0.5, 0.6) is 5.88 Å². The van der Waals surface area contributed by atoms with Crippen molar-refractivity contribution in [3.05, 3.63) is 91.6 Å². The largest absolute Gasteiger partial charge is 0.493 e. The summed E-state index contributed by atoms with van der Waals surface area (Å²) in [4.78, 5) is 31.3. The summed E-state index contributed by atoms with van der Waals surface area (Å²) in [5.41, 5.74) is 0.193. The molecule has 0 aliphatic heterocycles. The molecule has 0 saturated heterocycles. The van der Waals surface area contributed by atoms with E-state index < -0.39 is 17.1 Å². The fourth-order valence-corrected chi connectivity index (χ4v) is 2.97. The van der Waals surface area contributed by atoms with Gasteiger partial charge in [0, 0.05) is 5.02 Å². The zero-order valence-corrected chi connectivity index (χ0v) is 15.6. The second-order valence-corrected chi connectivity index (χ2v) is 6.51. The first-order chi connectivity index (χ1) is 12.9. The van der Waals surface area contributed by atoms with Crippen LogP contribution < -0.4 is 11.2 Å². The Morgan fingerprint density at radius 3 is 2.37 bits per heavy atom. The van der Waals surface area contributed by atoms with Crippen molar-refractivity contribution in [3.8, 4) is 11.6 Å². The molecule has 138 valence electrons. The van der Waals surface area contributed by atoms with E-state index in [1.54, 1.807) is 31.2 Å². The number of aromatic hydroxyl groups is 1. The molecule has 0 fully saturated rings. The molecular weight excluding hydrogens is 366 g/mol. The van der Waals surface area contributed by atoms with Gasteiger partial charge in [0.2, 0.25) is 5.88 Å². The van der Waals surface area contributed by atoms with E-state index in [1.807, 2.05) is 37.3 Å². The van der Waals surface area contributed by atoms with Crippen molar-refractivity contribution in [2.45, 2.75) is 19.9 Å². The molecule has 6 nitrogen and oxygen atoms in total. The summed E-state index contributed by atoms with van der Waals surface area (Å²) in [6.45, 7) is 3.51. The zero-order valence-electron chi connectivity index (χ0n) is 14.8. The summed E-state index contributed by atoms with van der Waals surface area (Å²) in [5.74, 6) is -0.465. The standard InChI is InChI=1S/C20H18ClN3O3/c1-12(14-6-4-3-5-7-14)22-13(2)17-18(25)23-20(27)24(19(17)26)16-10-8-15(21)9-11-16/h3-12,26H,1-2H3,(H,23,25,27)/t12-/m0/s1. The van der Waals surface area contributed by atoms with Crippen molar-refractivity contribution in [3.63, 3.8) is 0 Å². The van der Waals surface area contributed by atoms with Gasteiger partial charge in [-0.15, -0.1) is 0 Å². The number of hydrogen-bond acceptors (Lipinski definition) is 4. The van der Waals surface area contributed by atoms with Gasteiger partial charge in [0.15, 0.2) is 0 Å². The first-order valence-electron chi connectivity index (χ1n) is 8.32. The minimum atomic E-state index is -0.743. The van der Waals surface area contributed by atoms with Crippen LogP contribution in [-0.2, 0) is 0 Å². The number of hydrogen-bond donors (Lipinski definition) is 2. The van der Waals surface area contributed by atoms with Crippen molar-refractivity contribution < 1.29 is 5.11 Å². The zero-order chi connectivity index (χ0) is 19.6. The highest BCUT2D eigenvalue weighted by atomic mass is 35.5. The summed E-state index contributed by atoms with van der Waals surface area (Å²) >= 11 is 5.87. The van der Waals surface area contributed by atoms with Gasteiger partial charge in [-0.25, -0.2) is 9.36 Å². The molecule has 1 atom stereocenters. The second kappa shape index (κ2) is 7.63. The normalized spacial score (nSPS) is 12.8. The lowest BCUT2D eigenvalue weighted by molar-refractivity contribution is 0.429. The lowest BCUT2D eigenvalue weighted by Gasteiger charge is -2.13. The van der Waals surface area contributed by atoms with Crippen molar-refractivity contribution >= 4 is 17.3 Å². The molecule has 0 spiro atoms. The van der Waals surface area contributed by atoms with E-state index >= 15 is 0 Å². The van der Waals surface area contributed by atoms with Crippen LogP contribution in [0, 0.1) is 0 Å². The Hall–Kier alpha value is -3.12. The maximum absolute atomic E-state index is 12.3. The summed E-state index contributed by atoms with van der Waals surface area (Å²) in [6.07, 6.45) is 0. The van der Waals surface area contributed by atoms with E-state index in [9.17, 15) is 14.7 Å². The second-order valence-electron chi connectivity index (χ2n) is 6.07. The van der Waals surface area contributed by atoms with Crippen LogP contribution in [0.2, 0.25) is 5.02 Å². The summed E-state index contributed by atoms with van der Waals surface area (Å²) < 4.78 is 1.01. The van der Waals surface area contributed by atoms with Crippen LogP contribution in [0.3, 0.4) is 0 Å². The predicted molar refractivity (Wildman–Crippen MR) is 106 cm³/mol. The number of nitrogens with zero attached hydrogens (tertiary/aromatic N) is 2. The third-order valence-electron chi connectivity index (χ3n) is 4.20. The maximum Gasteiger partial charge on any atom is 0.335 e. The van der Waals surface area contributed by atoms with Gasteiger partial charge in [-0.3, -0.25) is 14.8 Å². The maximum atomic E-state index is 12.3. The molecule has 3 rings (SSSR count). The Morgan fingerprint density at radius 2 is 1.74 bits per heavy atom. The fourth-order valence-electron chi connectivity index (χ4n) is 2.84.